The fourth-order valence-electron chi connectivity index (χ4n) is 1.71. The number of allylic oxidation sites excluding steroid dienone is 2. The lowest BCUT2D eigenvalue weighted by Gasteiger charge is -2.22. The molecule has 12 heavy (non-hydrogen) atoms. The van der Waals surface area contributed by atoms with Crippen molar-refractivity contribution >= 4 is 5.78 Å². The third-order valence-electron chi connectivity index (χ3n) is 2.53. The van der Waals surface area contributed by atoms with Crippen molar-refractivity contribution < 1.29 is 4.79 Å². The van der Waals surface area contributed by atoms with Crippen molar-refractivity contribution in [1.82, 2.24) is 0 Å². The zero-order valence-electron chi connectivity index (χ0n) is 8.48. The molecule has 1 heteroatoms. The average Bonchev–Trinajstić information content (AvgIpc) is 2.31. The molecule has 0 amide bonds. The Bertz CT molecular complexity index is 218. The van der Waals surface area contributed by atoms with Gasteiger partial charge in [0.2, 0.25) is 0 Å². The molecule has 0 heterocycles. The van der Waals surface area contributed by atoms with Crippen LogP contribution in [0.5, 0.6) is 0 Å². The Morgan fingerprint density at radius 2 is 2.08 bits per heavy atom. The van der Waals surface area contributed by atoms with E-state index >= 15 is 0 Å². The highest BCUT2D eigenvalue weighted by molar-refractivity contribution is 5.88. The van der Waals surface area contributed by atoms with Crippen LogP contribution < -0.4 is 0 Å². The van der Waals surface area contributed by atoms with Crippen LogP contribution in [0, 0.1) is 11.3 Å². The minimum absolute atomic E-state index is 0.176. The van der Waals surface area contributed by atoms with Crippen molar-refractivity contribution in [2.45, 2.75) is 40.5 Å². The Morgan fingerprint density at radius 3 is 2.42 bits per heavy atom. The molecule has 0 aliphatic heterocycles. The number of carbonyl (C=O) groups is 1. The molecule has 1 unspecified atom stereocenters. The van der Waals surface area contributed by atoms with Crippen LogP contribution in [-0.4, -0.2) is 5.78 Å². The Balaban J connectivity index is 2.72. The summed E-state index contributed by atoms with van der Waals surface area (Å²) in [5.74, 6) is 0.610. The van der Waals surface area contributed by atoms with Gasteiger partial charge in [0.05, 0.1) is 0 Å². The Morgan fingerprint density at radius 1 is 1.50 bits per heavy atom. The molecule has 0 radical (unpaired) electrons. The summed E-state index contributed by atoms with van der Waals surface area (Å²) in [6.07, 6.45) is 4.30. The van der Waals surface area contributed by atoms with E-state index in [9.17, 15) is 4.79 Å². The molecule has 0 aromatic carbocycles. The number of rotatable bonds is 1. The minimum Gasteiger partial charge on any atom is -0.298 e. The largest absolute Gasteiger partial charge is 0.298 e. The van der Waals surface area contributed by atoms with Gasteiger partial charge in [0.25, 0.3) is 0 Å². The summed E-state index contributed by atoms with van der Waals surface area (Å²) in [6, 6.07) is 0. The maximum Gasteiger partial charge on any atom is 0.145 e. The first-order valence-corrected chi connectivity index (χ1v) is 4.64. The van der Waals surface area contributed by atoms with Gasteiger partial charge >= 0.3 is 0 Å². The second-order valence-electron chi connectivity index (χ2n) is 4.69. The summed E-state index contributed by atoms with van der Waals surface area (Å²) in [5.41, 5.74) is 1.10. The van der Waals surface area contributed by atoms with Gasteiger partial charge in [0.15, 0.2) is 0 Å². The van der Waals surface area contributed by atoms with Crippen LogP contribution in [-0.2, 0) is 4.79 Å². The summed E-state index contributed by atoms with van der Waals surface area (Å²) >= 11 is 0. The van der Waals surface area contributed by atoms with Crippen molar-refractivity contribution in [1.29, 1.82) is 0 Å². The van der Waals surface area contributed by atoms with E-state index in [1.54, 1.807) is 0 Å². The lowest BCUT2D eigenvalue weighted by molar-refractivity contribution is -0.129. The molecule has 1 nitrogen and oxygen atoms in total. The molecule has 0 aromatic rings. The van der Waals surface area contributed by atoms with E-state index in [1.165, 1.54) is 5.57 Å². The second kappa shape index (κ2) is 3.04. The molecule has 0 saturated carbocycles. The Labute approximate surface area is 74.9 Å². The van der Waals surface area contributed by atoms with Crippen molar-refractivity contribution in [3.8, 4) is 0 Å². The predicted octanol–water partition coefficient (Wildman–Crippen LogP) is 2.96. The van der Waals surface area contributed by atoms with Gasteiger partial charge in [-0.05, 0) is 19.8 Å². The van der Waals surface area contributed by atoms with Gasteiger partial charge in [-0.15, -0.1) is 0 Å². The number of carbonyl (C=O) groups excluding carboxylic acids is 1. The lowest BCUT2D eigenvalue weighted by atomic mass is 9.80. The van der Waals surface area contributed by atoms with E-state index in [0.29, 0.717) is 5.78 Å². The maximum atomic E-state index is 11.8. The molecule has 0 fully saturated rings. The molecule has 0 spiro atoms. The summed E-state index contributed by atoms with van der Waals surface area (Å²) in [6.45, 7) is 8.07. The first-order valence-electron chi connectivity index (χ1n) is 4.64. The fraction of sp³-hybridized carbons (Fsp3) is 0.727. The molecule has 0 saturated heterocycles. The van der Waals surface area contributed by atoms with E-state index < -0.39 is 0 Å². The van der Waals surface area contributed by atoms with E-state index in [1.807, 2.05) is 20.8 Å². The van der Waals surface area contributed by atoms with Crippen molar-refractivity contribution in [3.05, 3.63) is 11.6 Å². The number of hydrogen-bond donors (Lipinski definition) is 0. The highest BCUT2D eigenvalue weighted by atomic mass is 16.1. The number of Topliss-reactive ketones (excluding diaryl/α,β-unsaturated/α-hetero) is 1. The van der Waals surface area contributed by atoms with Crippen LogP contribution in [0.2, 0.25) is 0 Å². The summed E-state index contributed by atoms with van der Waals surface area (Å²) in [7, 11) is 0. The van der Waals surface area contributed by atoms with Crippen LogP contribution >= 0.6 is 0 Å². The van der Waals surface area contributed by atoms with Crippen LogP contribution in [0.4, 0.5) is 0 Å². The number of ketones is 1. The van der Waals surface area contributed by atoms with Crippen LogP contribution in [0.1, 0.15) is 40.5 Å². The third-order valence-corrected chi connectivity index (χ3v) is 2.53. The van der Waals surface area contributed by atoms with Gasteiger partial charge in [-0.25, -0.2) is 0 Å². The fourth-order valence-corrected chi connectivity index (χ4v) is 1.71. The van der Waals surface area contributed by atoms with Crippen molar-refractivity contribution in [2.24, 2.45) is 11.3 Å². The highest BCUT2D eigenvalue weighted by Crippen LogP contribution is 2.32. The van der Waals surface area contributed by atoms with E-state index in [4.69, 9.17) is 0 Å². The summed E-state index contributed by atoms with van der Waals surface area (Å²) in [4.78, 5) is 11.8. The standard InChI is InChI=1S/C11H18O/c1-8-6-5-7-9(8)10(12)11(2,3)4/h6,9H,5,7H2,1-4H3. The van der Waals surface area contributed by atoms with Crippen molar-refractivity contribution in [3.63, 3.8) is 0 Å². The summed E-state index contributed by atoms with van der Waals surface area (Å²) in [5, 5.41) is 0. The third kappa shape index (κ3) is 1.77. The van der Waals surface area contributed by atoms with Crippen LogP contribution in [0.3, 0.4) is 0 Å². The second-order valence-corrected chi connectivity index (χ2v) is 4.69. The SMILES string of the molecule is CC1=CCCC1C(=O)C(C)(C)C. The zero-order valence-corrected chi connectivity index (χ0v) is 8.48. The molecule has 0 bridgehead atoms. The topological polar surface area (TPSA) is 17.1 Å². The normalized spacial score (nSPS) is 24.0. The molecular weight excluding hydrogens is 148 g/mol. The smallest absolute Gasteiger partial charge is 0.145 e. The first-order chi connectivity index (χ1) is 5.43. The molecule has 1 aliphatic carbocycles. The highest BCUT2D eigenvalue weighted by Gasteiger charge is 2.31. The van der Waals surface area contributed by atoms with Gasteiger partial charge in [-0.1, -0.05) is 32.4 Å². The van der Waals surface area contributed by atoms with Gasteiger partial charge in [0, 0.05) is 11.3 Å². The molecule has 1 rings (SSSR count). The molecule has 1 aliphatic rings. The minimum atomic E-state index is -0.176. The number of hydrogen-bond acceptors (Lipinski definition) is 1. The van der Waals surface area contributed by atoms with Gasteiger partial charge in [0.1, 0.15) is 5.78 Å². The van der Waals surface area contributed by atoms with E-state index in [-0.39, 0.29) is 11.3 Å². The summed E-state index contributed by atoms with van der Waals surface area (Å²) < 4.78 is 0. The molecule has 0 aromatic heterocycles. The van der Waals surface area contributed by atoms with Gasteiger partial charge < -0.3 is 0 Å². The lowest BCUT2D eigenvalue weighted by Crippen LogP contribution is -2.27. The molecule has 68 valence electrons. The van der Waals surface area contributed by atoms with Gasteiger partial charge in [-0.2, -0.15) is 0 Å². The Hall–Kier alpha value is -0.590. The van der Waals surface area contributed by atoms with Crippen LogP contribution in [0.15, 0.2) is 11.6 Å². The van der Waals surface area contributed by atoms with Gasteiger partial charge in [-0.3, -0.25) is 4.79 Å². The maximum absolute atomic E-state index is 11.8. The zero-order chi connectivity index (χ0) is 9.35. The van der Waals surface area contributed by atoms with E-state index in [0.717, 1.165) is 12.8 Å². The van der Waals surface area contributed by atoms with E-state index in [2.05, 4.69) is 13.0 Å². The quantitative estimate of drug-likeness (QED) is 0.547. The van der Waals surface area contributed by atoms with Crippen LogP contribution in [0.25, 0.3) is 0 Å². The predicted molar refractivity (Wildman–Crippen MR) is 50.9 cm³/mol. The Kier molecular flexibility index (Phi) is 2.41. The first kappa shape index (κ1) is 9.50. The monoisotopic (exact) mass is 166 g/mol. The average molecular weight is 166 g/mol. The van der Waals surface area contributed by atoms with Crippen molar-refractivity contribution in [2.75, 3.05) is 0 Å². The molecular formula is C11H18O. The molecule has 0 N–H and O–H groups in total. The molecule has 1 atom stereocenters.